The molecule has 0 spiro atoms. The number of carbonyl (C=O) groups excluding carboxylic acids is 6. The van der Waals surface area contributed by atoms with Crippen LogP contribution in [-0.2, 0) is 76.1 Å². The monoisotopic (exact) mass is 1240 g/mol. The summed E-state index contributed by atoms with van der Waals surface area (Å²) in [6.07, 6.45) is -42.9. The third kappa shape index (κ3) is 17.6. The van der Waals surface area contributed by atoms with Gasteiger partial charge in [0.15, 0.2) is 31.5 Å². The Morgan fingerprint density at radius 3 is 0.906 bits per heavy atom. The standard InChI is InChI=1S/C48H82N6O31/c1-14(62)49-20(7-55)32(69)39(21(68)8-56)81-45-28(51-16(3)64)35(72)41(23(10-58)77-45)83-47-30(53-18(5)66)37(74)43(25(12-60)79-47)85-48-31(54-19(6)67)38(75)42(26(13-61)80-48)84-46-29(52-17(4)65)36(73)40(24(11-59)78-46)82-44-27(50-15(2)63)34(71)33(70)22(9-57)76-44/h20-48,55-61,68-75H,7-13H2,1-6H3,(H,49,62)(H,50,63)(H,51,64)(H,52,65)(H,53,66)(H,54,67)/t20-,21+,22+,23+,24+,25+,26+,27+,28+,29+,30+,31+,32+,33+,34+,35+,36+,37+,38+,39+,40+,41+,42+,43+,44-,45-,46-,47-,48-/m0/s1. The summed E-state index contributed by atoms with van der Waals surface area (Å²) in [5.74, 6) is -4.85. The molecule has 29 atom stereocenters. The Kier molecular flexibility index (Phi) is 27.2. The number of hydrogen-bond acceptors (Lipinski definition) is 31. The van der Waals surface area contributed by atoms with E-state index in [-0.39, 0.29) is 0 Å². The lowest BCUT2D eigenvalue weighted by molar-refractivity contribution is -0.369. The van der Waals surface area contributed by atoms with Crippen LogP contribution in [0.4, 0.5) is 0 Å². The summed E-state index contributed by atoms with van der Waals surface area (Å²) >= 11 is 0. The van der Waals surface area contributed by atoms with Crippen LogP contribution < -0.4 is 31.9 Å². The van der Waals surface area contributed by atoms with Crippen LogP contribution in [0.5, 0.6) is 0 Å². The van der Waals surface area contributed by atoms with E-state index in [0.29, 0.717) is 0 Å². The molecular weight excluding hydrogens is 1160 g/mol. The number of aliphatic hydroxyl groups excluding tert-OH is 15. The summed E-state index contributed by atoms with van der Waals surface area (Å²) in [5.41, 5.74) is 0. The molecule has 21 N–H and O–H groups in total. The van der Waals surface area contributed by atoms with Crippen molar-refractivity contribution in [3.8, 4) is 0 Å². The first-order valence-electron chi connectivity index (χ1n) is 27.0. The smallest absolute Gasteiger partial charge is 0.217 e. The Balaban J connectivity index is 1.41. The molecule has 5 aliphatic rings. The first-order valence-corrected chi connectivity index (χ1v) is 27.0. The largest absolute Gasteiger partial charge is 0.394 e. The SMILES string of the molecule is CC(=O)N[C@H]1[C@H](O[C@@H]([C@H](O)[C@H](CO)NC(C)=O)[C@H](O)CO)O[C@H](CO)[C@@H](O[C@@H]2O[C@H](CO)[C@@H](O[C@@H]3O[C@H](CO)[C@@H](O[C@@H]4O[C@H](CO)[C@@H](O[C@@H]5O[C@H](CO)[C@@H](O)[C@H](O)[C@H]5NC(C)=O)[C@H](O)[C@H]4NC(C)=O)[C@H](O)[C@H]3NC(C)=O)[C@H](O)[C@H]2NC(C)=O)[C@@H]1O. The maximum absolute atomic E-state index is 12.8. The maximum atomic E-state index is 12.8. The van der Waals surface area contributed by atoms with Gasteiger partial charge in [-0.2, -0.15) is 0 Å². The Labute approximate surface area is 484 Å². The zero-order chi connectivity index (χ0) is 63.5. The van der Waals surface area contributed by atoms with E-state index in [0.717, 1.165) is 41.5 Å². The summed E-state index contributed by atoms with van der Waals surface area (Å²) in [6.45, 7) is -0.870. The van der Waals surface area contributed by atoms with Crippen LogP contribution >= 0.6 is 0 Å². The van der Waals surface area contributed by atoms with Crippen LogP contribution in [0.15, 0.2) is 0 Å². The molecule has 0 saturated carbocycles. The van der Waals surface area contributed by atoms with Gasteiger partial charge in [0.25, 0.3) is 0 Å². The summed E-state index contributed by atoms with van der Waals surface area (Å²) < 4.78 is 59.7. The zero-order valence-electron chi connectivity index (χ0n) is 46.9. The third-order valence-electron chi connectivity index (χ3n) is 14.5. The van der Waals surface area contributed by atoms with Gasteiger partial charge in [-0.1, -0.05) is 0 Å². The van der Waals surface area contributed by atoms with Gasteiger partial charge < -0.3 is 156 Å². The number of nitrogens with one attached hydrogen (secondary N) is 6. The lowest BCUT2D eigenvalue weighted by atomic mass is 9.93. The predicted octanol–water partition coefficient (Wildman–Crippen LogP) is -13.6. The summed E-state index contributed by atoms with van der Waals surface area (Å²) in [5, 5.41) is 178. The second-order valence-electron chi connectivity index (χ2n) is 20.9. The summed E-state index contributed by atoms with van der Waals surface area (Å²) in [6, 6.07) is -10.1. The van der Waals surface area contributed by atoms with Gasteiger partial charge in [0.1, 0.15) is 140 Å². The molecule has 5 heterocycles. The fourth-order valence-electron chi connectivity index (χ4n) is 10.6. The van der Waals surface area contributed by atoms with Crippen molar-refractivity contribution in [2.45, 2.75) is 219 Å². The van der Waals surface area contributed by atoms with Crippen LogP contribution in [0.3, 0.4) is 0 Å². The average Bonchev–Trinajstić information content (AvgIpc) is 2.48. The van der Waals surface area contributed by atoms with E-state index in [1.807, 2.05) is 0 Å². The van der Waals surface area contributed by atoms with E-state index in [9.17, 15) is 105 Å². The topological polar surface area (TPSA) is 570 Å². The minimum absolute atomic E-state index is 0.731. The van der Waals surface area contributed by atoms with Gasteiger partial charge in [-0.15, -0.1) is 0 Å². The van der Waals surface area contributed by atoms with Gasteiger partial charge >= 0.3 is 0 Å². The van der Waals surface area contributed by atoms with E-state index in [1.165, 1.54) is 0 Å². The molecule has 6 amide bonds. The lowest BCUT2D eigenvalue weighted by Gasteiger charge is -2.51. The van der Waals surface area contributed by atoms with Crippen LogP contribution in [0.2, 0.25) is 0 Å². The van der Waals surface area contributed by atoms with Gasteiger partial charge in [0, 0.05) is 41.5 Å². The van der Waals surface area contributed by atoms with E-state index in [4.69, 9.17) is 47.4 Å². The Bertz CT molecular complexity index is 2180. The Morgan fingerprint density at radius 2 is 0.647 bits per heavy atom. The first kappa shape index (κ1) is 71.6. The number of amides is 6. The van der Waals surface area contributed by atoms with Crippen LogP contribution in [-0.4, -0.2) is 336 Å². The molecule has 5 rings (SSSR count). The fraction of sp³-hybridized carbons (Fsp3) is 0.875. The normalized spacial score (nSPS) is 40.1. The molecule has 5 aliphatic heterocycles. The van der Waals surface area contributed by atoms with Crippen molar-refractivity contribution in [1.29, 1.82) is 0 Å². The van der Waals surface area contributed by atoms with E-state index >= 15 is 0 Å². The molecule has 0 aromatic rings. The number of ether oxygens (including phenoxy) is 10. The molecule has 0 radical (unpaired) electrons. The quantitative estimate of drug-likeness (QED) is 0.0382. The van der Waals surface area contributed by atoms with Crippen molar-refractivity contribution in [2.24, 2.45) is 0 Å². The molecular formula is C48H82N6O31. The Hall–Kier alpha value is -4.18. The van der Waals surface area contributed by atoms with Crippen molar-refractivity contribution >= 4 is 35.4 Å². The van der Waals surface area contributed by atoms with Gasteiger partial charge in [-0.05, 0) is 0 Å². The molecule has 37 heteroatoms. The minimum atomic E-state index is -2.08. The average molecular weight is 1240 g/mol. The van der Waals surface area contributed by atoms with Crippen LogP contribution in [0.25, 0.3) is 0 Å². The zero-order valence-corrected chi connectivity index (χ0v) is 46.9. The summed E-state index contributed by atoms with van der Waals surface area (Å²) in [7, 11) is 0. The molecule has 5 saturated heterocycles. The van der Waals surface area contributed by atoms with Gasteiger partial charge in [0.05, 0.1) is 52.3 Å². The second kappa shape index (κ2) is 32.3. The highest BCUT2D eigenvalue weighted by Crippen LogP contribution is 2.37. The van der Waals surface area contributed by atoms with E-state index < -0.39 is 259 Å². The predicted molar refractivity (Wildman–Crippen MR) is 271 cm³/mol. The van der Waals surface area contributed by atoms with E-state index in [1.54, 1.807) is 0 Å². The second-order valence-corrected chi connectivity index (χ2v) is 20.9. The van der Waals surface area contributed by atoms with Crippen molar-refractivity contribution < 1.29 is 153 Å². The third-order valence-corrected chi connectivity index (χ3v) is 14.5. The van der Waals surface area contributed by atoms with Crippen molar-refractivity contribution in [3.63, 3.8) is 0 Å². The molecule has 0 unspecified atom stereocenters. The lowest BCUT2D eigenvalue weighted by Crippen LogP contribution is -2.72. The number of rotatable bonds is 26. The van der Waals surface area contributed by atoms with Crippen LogP contribution in [0, 0.1) is 0 Å². The molecule has 85 heavy (non-hydrogen) atoms. The van der Waals surface area contributed by atoms with Gasteiger partial charge in [0.2, 0.25) is 35.4 Å². The van der Waals surface area contributed by atoms with Crippen molar-refractivity contribution in [1.82, 2.24) is 31.9 Å². The highest BCUT2D eigenvalue weighted by Gasteiger charge is 2.58. The maximum Gasteiger partial charge on any atom is 0.217 e. The van der Waals surface area contributed by atoms with Crippen LogP contribution in [0.1, 0.15) is 41.5 Å². The highest BCUT2D eigenvalue weighted by atomic mass is 16.8. The Morgan fingerprint density at radius 1 is 0.376 bits per heavy atom. The summed E-state index contributed by atoms with van der Waals surface area (Å²) in [4.78, 5) is 74.8. The number of aliphatic hydroxyl groups is 15. The minimum Gasteiger partial charge on any atom is -0.394 e. The van der Waals surface area contributed by atoms with Gasteiger partial charge in [-0.25, -0.2) is 0 Å². The molecule has 5 fully saturated rings. The molecule has 0 bridgehead atoms. The molecule has 37 nitrogen and oxygen atoms in total. The highest BCUT2D eigenvalue weighted by molar-refractivity contribution is 5.75. The van der Waals surface area contributed by atoms with Crippen molar-refractivity contribution in [2.75, 3.05) is 46.2 Å². The number of carbonyl (C=O) groups is 6. The fourth-order valence-corrected chi connectivity index (χ4v) is 10.6. The van der Waals surface area contributed by atoms with Gasteiger partial charge in [-0.3, -0.25) is 28.8 Å². The van der Waals surface area contributed by atoms with E-state index in [2.05, 4.69) is 31.9 Å². The van der Waals surface area contributed by atoms with Crippen molar-refractivity contribution in [3.05, 3.63) is 0 Å². The molecule has 490 valence electrons. The molecule has 0 aromatic heterocycles. The number of hydrogen-bond donors (Lipinski definition) is 21. The molecule has 0 aliphatic carbocycles. The first-order chi connectivity index (χ1) is 40.1. The molecule has 0 aromatic carbocycles.